The summed E-state index contributed by atoms with van der Waals surface area (Å²) in [5.41, 5.74) is 0.728. The SMILES string of the molecule is CNCCNS(=O)(=O)c1ccc(Br)cc1C.Cl. The fourth-order valence-corrected chi connectivity index (χ4v) is 3.03. The largest absolute Gasteiger partial charge is 0.318 e. The predicted octanol–water partition coefficient (Wildman–Crippen LogP) is 1.68. The van der Waals surface area contributed by atoms with E-state index in [0.29, 0.717) is 18.0 Å². The van der Waals surface area contributed by atoms with Crippen molar-refractivity contribution in [2.24, 2.45) is 0 Å². The van der Waals surface area contributed by atoms with Crippen LogP contribution in [-0.2, 0) is 10.0 Å². The molecule has 0 heterocycles. The van der Waals surface area contributed by atoms with Crippen LogP contribution in [0.25, 0.3) is 0 Å². The quantitative estimate of drug-likeness (QED) is 0.800. The van der Waals surface area contributed by atoms with Crippen LogP contribution >= 0.6 is 28.3 Å². The molecule has 0 saturated carbocycles. The van der Waals surface area contributed by atoms with Crippen molar-refractivity contribution >= 4 is 38.4 Å². The van der Waals surface area contributed by atoms with Crippen LogP contribution < -0.4 is 10.0 Å². The number of nitrogens with one attached hydrogen (secondary N) is 2. The van der Waals surface area contributed by atoms with E-state index in [-0.39, 0.29) is 12.4 Å². The second-order valence-corrected chi connectivity index (χ2v) is 6.06. The molecular weight excluding hydrogens is 328 g/mol. The van der Waals surface area contributed by atoms with E-state index in [4.69, 9.17) is 0 Å². The number of likely N-dealkylation sites (N-methyl/N-ethyl adjacent to an activating group) is 1. The Balaban J connectivity index is 0.00000256. The van der Waals surface area contributed by atoms with E-state index in [1.807, 2.05) is 0 Å². The molecule has 1 rings (SSSR count). The minimum atomic E-state index is -3.39. The molecule has 1 aromatic rings. The highest BCUT2D eigenvalue weighted by atomic mass is 79.9. The van der Waals surface area contributed by atoms with Gasteiger partial charge >= 0.3 is 0 Å². The summed E-state index contributed by atoms with van der Waals surface area (Å²) in [7, 11) is -1.61. The number of benzene rings is 1. The van der Waals surface area contributed by atoms with Crippen LogP contribution in [-0.4, -0.2) is 28.6 Å². The molecule has 0 aromatic heterocycles. The van der Waals surface area contributed by atoms with Gasteiger partial charge in [0.05, 0.1) is 4.90 Å². The second-order valence-electron chi connectivity index (χ2n) is 3.41. The number of rotatable bonds is 5. The monoisotopic (exact) mass is 342 g/mol. The number of hydrogen-bond donors (Lipinski definition) is 2. The van der Waals surface area contributed by atoms with Crippen LogP contribution in [0.5, 0.6) is 0 Å². The summed E-state index contributed by atoms with van der Waals surface area (Å²) in [6, 6.07) is 5.10. The third-order valence-corrected chi connectivity index (χ3v) is 4.21. The van der Waals surface area contributed by atoms with Crippen molar-refractivity contribution in [2.45, 2.75) is 11.8 Å². The van der Waals surface area contributed by atoms with Gasteiger partial charge in [0.15, 0.2) is 0 Å². The third kappa shape index (κ3) is 4.93. The van der Waals surface area contributed by atoms with Gasteiger partial charge in [-0.25, -0.2) is 13.1 Å². The lowest BCUT2D eigenvalue weighted by Crippen LogP contribution is -2.30. The molecule has 17 heavy (non-hydrogen) atoms. The van der Waals surface area contributed by atoms with Gasteiger partial charge in [-0.3, -0.25) is 0 Å². The normalized spacial score (nSPS) is 11.0. The highest BCUT2D eigenvalue weighted by Gasteiger charge is 2.15. The Morgan fingerprint density at radius 1 is 1.29 bits per heavy atom. The molecule has 0 saturated heterocycles. The maximum atomic E-state index is 11.9. The summed E-state index contributed by atoms with van der Waals surface area (Å²) in [6.07, 6.45) is 0. The van der Waals surface area contributed by atoms with E-state index in [9.17, 15) is 8.42 Å². The van der Waals surface area contributed by atoms with Crippen LogP contribution in [0.4, 0.5) is 0 Å². The van der Waals surface area contributed by atoms with Crippen molar-refractivity contribution in [3.63, 3.8) is 0 Å². The summed E-state index contributed by atoms with van der Waals surface area (Å²) in [5.74, 6) is 0. The molecular formula is C10H16BrClN2O2S. The van der Waals surface area contributed by atoms with E-state index in [0.717, 1.165) is 10.0 Å². The molecule has 98 valence electrons. The molecule has 7 heteroatoms. The van der Waals surface area contributed by atoms with Crippen molar-refractivity contribution < 1.29 is 8.42 Å². The third-order valence-electron chi connectivity index (χ3n) is 2.09. The van der Waals surface area contributed by atoms with Crippen molar-refractivity contribution in [1.82, 2.24) is 10.0 Å². The van der Waals surface area contributed by atoms with Gasteiger partial charge in [0, 0.05) is 17.6 Å². The standard InChI is InChI=1S/C10H15BrN2O2S.ClH/c1-8-7-9(11)3-4-10(8)16(14,15)13-6-5-12-2;/h3-4,7,12-13H,5-6H2,1-2H3;1H. The van der Waals surface area contributed by atoms with Crippen molar-refractivity contribution in [2.75, 3.05) is 20.1 Å². The van der Waals surface area contributed by atoms with E-state index in [1.165, 1.54) is 0 Å². The van der Waals surface area contributed by atoms with E-state index in [1.54, 1.807) is 32.2 Å². The van der Waals surface area contributed by atoms with E-state index in [2.05, 4.69) is 26.0 Å². The van der Waals surface area contributed by atoms with Gasteiger partial charge < -0.3 is 5.32 Å². The lowest BCUT2D eigenvalue weighted by Gasteiger charge is -2.09. The zero-order valence-electron chi connectivity index (χ0n) is 9.66. The smallest absolute Gasteiger partial charge is 0.240 e. The van der Waals surface area contributed by atoms with Crippen LogP contribution in [0.1, 0.15) is 5.56 Å². The van der Waals surface area contributed by atoms with E-state index < -0.39 is 10.0 Å². The van der Waals surface area contributed by atoms with Crippen LogP contribution in [0, 0.1) is 6.92 Å². The molecule has 2 N–H and O–H groups in total. The average Bonchev–Trinajstić information content (AvgIpc) is 2.17. The molecule has 0 unspecified atom stereocenters. The fourth-order valence-electron chi connectivity index (χ4n) is 1.30. The van der Waals surface area contributed by atoms with Gasteiger partial charge in [0.2, 0.25) is 10.0 Å². The van der Waals surface area contributed by atoms with Crippen molar-refractivity contribution in [3.05, 3.63) is 28.2 Å². The van der Waals surface area contributed by atoms with Gasteiger partial charge in [-0.05, 0) is 37.7 Å². The molecule has 1 aromatic carbocycles. The molecule has 0 amide bonds. The highest BCUT2D eigenvalue weighted by Crippen LogP contribution is 2.19. The first kappa shape index (κ1) is 16.9. The molecule has 4 nitrogen and oxygen atoms in total. The van der Waals surface area contributed by atoms with Gasteiger partial charge in [0.1, 0.15) is 0 Å². The molecule has 0 radical (unpaired) electrons. The topological polar surface area (TPSA) is 58.2 Å². The van der Waals surface area contributed by atoms with Crippen LogP contribution in [0.3, 0.4) is 0 Å². The van der Waals surface area contributed by atoms with Crippen LogP contribution in [0.15, 0.2) is 27.6 Å². The lowest BCUT2D eigenvalue weighted by molar-refractivity contribution is 0.579. The van der Waals surface area contributed by atoms with Crippen molar-refractivity contribution in [3.8, 4) is 0 Å². The zero-order chi connectivity index (χ0) is 12.2. The predicted molar refractivity (Wildman–Crippen MR) is 75.2 cm³/mol. The molecule has 0 aliphatic rings. The highest BCUT2D eigenvalue weighted by molar-refractivity contribution is 9.10. The van der Waals surface area contributed by atoms with Gasteiger partial charge in [-0.2, -0.15) is 0 Å². The summed E-state index contributed by atoms with van der Waals surface area (Å²) in [6.45, 7) is 2.76. The Bertz CT molecular complexity index is 465. The Morgan fingerprint density at radius 3 is 2.47 bits per heavy atom. The first-order valence-electron chi connectivity index (χ1n) is 4.88. The van der Waals surface area contributed by atoms with Crippen LogP contribution in [0.2, 0.25) is 0 Å². The maximum absolute atomic E-state index is 11.9. The Labute approximate surface area is 117 Å². The van der Waals surface area contributed by atoms with Gasteiger partial charge in [-0.15, -0.1) is 12.4 Å². The second kappa shape index (κ2) is 7.33. The van der Waals surface area contributed by atoms with Gasteiger partial charge in [0.25, 0.3) is 0 Å². The Kier molecular flexibility index (Phi) is 7.27. The number of aryl methyl sites for hydroxylation is 1. The van der Waals surface area contributed by atoms with Crippen molar-refractivity contribution in [1.29, 1.82) is 0 Å². The molecule has 0 bridgehead atoms. The number of halogens is 2. The lowest BCUT2D eigenvalue weighted by atomic mass is 10.2. The fraction of sp³-hybridized carbons (Fsp3) is 0.400. The first-order chi connectivity index (χ1) is 7.47. The van der Waals surface area contributed by atoms with E-state index >= 15 is 0 Å². The summed E-state index contributed by atoms with van der Waals surface area (Å²) in [4.78, 5) is 0.326. The first-order valence-corrected chi connectivity index (χ1v) is 7.15. The summed E-state index contributed by atoms with van der Waals surface area (Å²) >= 11 is 3.30. The molecule has 0 aliphatic carbocycles. The summed E-state index contributed by atoms with van der Waals surface area (Å²) < 4.78 is 27.2. The average molecular weight is 344 g/mol. The summed E-state index contributed by atoms with van der Waals surface area (Å²) in [5, 5.41) is 2.88. The maximum Gasteiger partial charge on any atom is 0.240 e. The number of hydrogen-bond acceptors (Lipinski definition) is 3. The molecule has 0 spiro atoms. The number of sulfonamides is 1. The minimum absolute atomic E-state index is 0. The molecule has 0 aliphatic heterocycles. The zero-order valence-corrected chi connectivity index (χ0v) is 12.9. The Morgan fingerprint density at radius 2 is 1.94 bits per heavy atom. The van der Waals surface area contributed by atoms with Gasteiger partial charge in [-0.1, -0.05) is 15.9 Å². The Hall–Kier alpha value is -0.140. The molecule has 0 atom stereocenters. The minimum Gasteiger partial charge on any atom is -0.318 e. The molecule has 0 fully saturated rings.